The van der Waals surface area contributed by atoms with Crippen LogP contribution in [0, 0.1) is 11.3 Å². The van der Waals surface area contributed by atoms with Crippen LogP contribution in [0.2, 0.25) is 0 Å². The van der Waals surface area contributed by atoms with Crippen molar-refractivity contribution in [1.29, 1.82) is 0 Å². The molecular weight excluding hydrogens is 284 g/mol. The number of carbonyl (C=O) groups excluding carboxylic acids is 3. The van der Waals surface area contributed by atoms with E-state index >= 15 is 0 Å². The summed E-state index contributed by atoms with van der Waals surface area (Å²) in [5.74, 6) is -3.33. The lowest BCUT2D eigenvalue weighted by molar-refractivity contribution is -0.155. The van der Waals surface area contributed by atoms with Gasteiger partial charge < -0.3 is 9.84 Å². The minimum atomic E-state index is -1.10. The van der Waals surface area contributed by atoms with Crippen molar-refractivity contribution in [3.05, 3.63) is 41.5 Å². The summed E-state index contributed by atoms with van der Waals surface area (Å²) < 4.78 is 4.69. The lowest BCUT2D eigenvalue weighted by Crippen LogP contribution is -2.46. The summed E-state index contributed by atoms with van der Waals surface area (Å²) >= 11 is 0. The van der Waals surface area contributed by atoms with Gasteiger partial charge in [0, 0.05) is 12.0 Å². The van der Waals surface area contributed by atoms with Gasteiger partial charge in [-0.2, -0.15) is 0 Å². The van der Waals surface area contributed by atoms with Crippen molar-refractivity contribution in [2.75, 3.05) is 7.11 Å². The maximum Gasteiger partial charge on any atom is 0.317 e. The maximum absolute atomic E-state index is 12.6. The van der Waals surface area contributed by atoms with Crippen molar-refractivity contribution in [2.24, 2.45) is 11.3 Å². The minimum absolute atomic E-state index is 0.00919. The molecule has 0 amide bonds. The SMILES string of the molecule is COC(=O)[C@H]1C(=O)/C(=C(/O)c2ccccc2)C(=O)CC1(C)C. The molecular formula is C17H18O5. The Kier molecular flexibility index (Phi) is 4.17. The van der Waals surface area contributed by atoms with E-state index < -0.39 is 28.9 Å². The van der Waals surface area contributed by atoms with Gasteiger partial charge in [0.25, 0.3) is 0 Å². The average molecular weight is 302 g/mol. The molecule has 5 heteroatoms. The molecule has 0 heterocycles. The Labute approximate surface area is 128 Å². The van der Waals surface area contributed by atoms with E-state index in [1.54, 1.807) is 44.2 Å². The second-order valence-corrected chi connectivity index (χ2v) is 6.00. The van der Waals surface area contributed by atoms with Crippen LogP contribution in [0.3, 0.4) is 0 Å². The molecule has 116 valence electrons. The number of ether oxygens (including phenoxy) is 1. The Morgan fingerprint density at radius 2 is 1.82 bits per heavy atom. The van der Waals surface area contributed by atoms with Gasteiger partial charge in [-0.25, -0.2) is 0 Å². The van der Waals surface area contributed by atoms with Gasteiger partial charge in [-0.05, 0) is 5.41 Å². The molecule has 0 saturated heterocycles. The summed E-state index contributed by atoms with van der Waals surface area (Å²) in [7, 11) is 1.20. The highest BCUT2D eigenvalue weighted by Gasteiger charge is 2.50. The fraction of sp³-hybridized carbons (Fsp3) is 0.353. The summed E-state index contributed by atoms with van der Waals surface area (Å²) in [6.45, 7) is 3.33. The summed E-state index contributed by atoms with van der Waals surface area (Å²) in [4.78, 5) is 36.9. The van der Waals surface area contributed by atoms with Crippen molar-refractivity contribution in [2.45, 2.75) is 20.3 Å². The van der Waals surface area contributed by atoms with E-state index in [4.69, 9.17) is 0 Å². The molecule has 0 bridgehead atoms. The second-order valence-electron chi connectivity index (χ2n) is 6.00. The molecule has 2 rings (SSSR count). The topological polar surface area (TPSA) is 80.7 Å². The fourth-order valence-corrected chi connectivity index (χ4v) is 2.77. The zero-order valence-electron chi connectivity index (χ0n) is 12.8. The van der Waals surface area contributed by atoms with Gasteiger partial charge in [-0.15, -0.1) is 0 Å². The van der Waals surface area contributed by atoms with E-state index in [0.717, 1.165) is 0 Å². The molecule has 1 saturated carbocycles. The largest absolute Gasteiger partial charge is 0.506 e. The van der Waals surface area contributed by atoms with Crippen LogP contribution in [0.1, 0.15) is 25.8 Å². The quantitative estimate of drug-likeness (QED) is 0.298. The van der Waals surface area contributed by atoms with Crippen molar-refractivity contribution in [3.63, 3.8) is 0 Å². The molecule has 5 nitrogen and oxygen atoms in total. The lowest BCUT2D eigenvalue weighted by Gasteiger charge is -2.35. The average Bonchev–Trinajstić information content (AvgIpc) is 2.46. The summed E-state index contributed by atoms with van der Waals surface area (Å²) in [5.41, 5.74) is -0.801. The zero-order chi connectivity index (χ0) is 16.5. The van der Waals surface area contributed by atoms with Gasteiger partial charge in [0.2, 0.25) is 0 Å². The Hall–Kier alpha value is -2.43. The summed E-state index contributed by atoms with van der Waals surface area (Å²) in [6.07, 6.45) is -0.00919. The molecule has 1 atom stereocenters. The molecule has 0 aromatic heterocycles. The van der Waals surface area contributed by atoms with Crippen molar-refractivity contribution in [1.82, 2.24) is 0 Å². The third kappa shape index (κ3) is 2.66. The molecule has 1 aliphatic carbocycles. The van der Waals surface area contributed by atoms with Crippen molar-refractivity contribution < 1.29 is 24.2 Å². The van der Waals surface area contributed by atoms with E-state index in [-0.39, 0.29) is 17.8 Å². The van der Waals surface area contributed by atoms with Gasteiger partial charge in [0.05, 0.1) is 7.11 Å². The highest BCUT2D eigenvalue weighted by atomic mass is 16.5. The first-order chi connectivity index (χ1) is 10.3. The first-order valence-electron chi connectivity index (χ1n) is 6.93. The second kappa shape index (κ2) is 5.75. The molecule has 1 fully saturated rings. The number of esters is 1. The maximum atomic E-state index is 12.6. The van der Waals surface area contributed by atoms with Gasteiger partial charge in [0.1, 0.15) is 17.3 Å². The monoisotopic (exact) mass is 302 g/mol. The molecule has 0 radical (unpaired) electrons. The van der Waals surface area contributed by atoms with Crippen LogP contribution in [-0.4, -0.2) is 29.8 Å². The van der Waals surface area contributed by atoms with E-state index in [1.165, 1.54) is 7.11 Å². The first-order valence-corrected chi connectivity index (χ1v) is 6.93. The minimum Gasteiger partial charge on any atom is -0.506 e. The molecule has 1 aliphatic rings. The summed E-state index contributed by atoms with van der Waals surface area (Å²) in [6, 6.07) is 8.31. The van der Waals surface area contributed by atoms with Gasteiger partial charge in [0.15, 0.2) is 11.6 Å². The van der Waals surface area contributed by atoms with Crippen LogP contribution in [0.4, 0.5) is 0 Å². The molecule has 1 aromatic carbocycles. The molecule has 0 unspecified atom stereocenters. The van der Waals surface area contributed by atoms with Crippen LogP contribution in [0.15, 0.2) is 35.9 Å². The van der Waals surface area contributed by atoms with Crippen molar-refractivity contribution >= 4 is 23.3 Å². The highest BCUT2D eigenvalue weighted by Crippen LogP contribution is 2.41. The number of Topliss-reactive ketones (excluding diaryl/α,β-unsaturated/α-hetero) is 2. The number of aliphatic hydroxyl groups excluding tert-OH is 1. The zero-order valence-corrected chi connectivity index (χ0v) is 12.8. The predicted molar refractivity (Wildman–Crippen MR) is 79.9 cm³/mol. The van der Waals surface area contributed by atoms with Crippen molar-refractivity contribution in [3.8, 4) is 0 Å². The van der Waals surface area contributed by atoms with Gasteiger partial charge in [-0.1, -0.05) is 44.2 Å². The number of aliphatic hydroxyl groups is 1. The van der Waals surface area contributed by atoms with E-state index in [1.807, 2.05) is 0 Å². The van der Waals surface area contributed by atoms with E-state index in [0.29, 0.717) is 5.56 Å². The Morgan fingerprint density at radius 1 is 1.23 bits per heavy atom. The standard InChI is InChI=1S/C17H18O5/c1-17(2)9-11(18)12(15(20)13(17)16(21)22-3)14(19)10-7-5-4-6-8-10/h4-8,13,19H,9H2,1-3H3/b14-12+/t13-/m1/s1. The smallest absolute Gasteiger partial charge is 0.317 e. The Bertz CT molecular complexity index is 655. The number of carbonyl (C=O) groups is 3. The molecule has 0 spiro atoms. The number of rotatable bonds is 2. The van der Waals surface area contributed by atoms with E-state index in [2.05, 4.69) is 4.74 Å². The predicted octanol–water partition coefficient (Wildman–Crippen LogP) is 2.31. The molecule has 0 aliphatic heterocycles. The van der Waals surface area contributed by atoms with Crippen LogP contribution < -0.4 is 0 Å². The number of benzene rings is 1. The normalized spacial score (nSPS) is 23.1. The van der Waals surface area contributed by atoms with E-state index in [9.17, 15) is 19.5 Å². The number of methoxy groups -OCH3 is 1. The molecule has 1 N–H and O–H groups in total. The Balaban J connectivity index is 2.55. The first kappa shape index (κ1) is 15.9. The van der Waals surface area contributed by atoms with Crippen LogP contribution in [0.25, 0.3) is 5.76 Å². The lowest BCUT2D eigenvalue weighted by atomic mass is 9.65. The highest BCUT2D eigenvalue weighted by molar-refractivity contribution is 6.30. The van der Waals surface area contributed by atoms with Gasteiger partial charge >= 0.3 is 5.97 Å². The third-order valence-corrected chi connectivity index (χ3v) is 3.91. The third-order valence-electron chi connectivity index (χ3n) is 3.91. The van der Waals surface area contributed by atoms with Crippen LogP contribution in [-0.2, 0) is 19.1 Å². The Morgan fingerprint density at radius 3 is 2.36 bits per heavy atom. The summed E-state index contributed by atoms with van der Waals surface area (Å²) in [5, 5.41) is 10.3. The van der Waals surface area contributed by atoms with Crippen LogP contribution in [0.5, 0.6) is 0 Å². The number of ketones is 2. The number of hydrogen-bond acceptors (Lipinski definition) is 5. The van der Waals surface area contributed by atoms with Crippen LogP contribution >= 0.6 is 0 Å². The molecule has 1 aromatic rings. The number of hydrogen-bond donors (Lipinski definition) is 1. The molecule has 22 heavy (non-hydrogen) atoms. The number of allylic oxidation sites excluding steroid dienone is 1. The van der Waals surface area contributed by atoms with Gasteiger partial charge in [-0.3, -0.25) is 14.4 Å². The fourth-order valence-electron chi connectivity index (χ4n) is 2.77.